The van der Waals surface area contributed by atoms with Crippen molar-refractivity contribution in [3.8, 4) is 11.1 Å². The molecule has 0 aromatic heterocycles. The molecule has 3 atom stereocenters. The van der Waals surface area contributed by atoms with Crippen molar-refractivity contribution in [1.82, 2.24) is 10.6 Å². The van der Waals surface area contributed by atoms with E-state index in [9.17, 15) is 23.1 Å². The Hall–Kier alpha value is -2.36. The number of thioether (sulfide) groups is 1. The third-order valence-electron chi connectivity index (χ3n) is 7.83. The van der Waals surface area contributed by atoms with Crippen molar-refractivity contribution in [3.63, 3.8) is 0 Å². The number of hydrogen-bond acceptors (Lipinski definition) is 6. The van der Waals surface area contributed by atoms with Gasteiger partial charge in [0.2, 0.25) is 0 Å². The SMILES string of the molecule is CCS(=O)(=O)CC(C)NC(c1ccc(C(=O)N[C@@H](CCSC)C(=O)O)c(-c2ccccc2C)c1)C1CCCCC1. The number of carbonyl (C=O) groups is 2. The Kier molecular flexibility index (Phi) is 12.1. The van der Waals surface area contributed by atoms with E-state index in [1.807, 2.05) is 56.5 Å². The van der Waals surface area contributed by atoms with Gasteiger partial charge in [-0.2, -0.15) is 11.8 Å². The number of amides is 1. The third-order valence-corrected chi connectivity index (χ3v) is 10.4. The summed E-state index contributed by atoms with van der Waals surface area (Å²) >= 11 is 1.54. The van der Waals surface area contributed by atoms with E-state index in [0.29, 0.717) is 23.7 Å². The number of aliphatic carboxylic acids is 1. The van der Waals surface area contributed by atoms with Crippen LogP contribution < -0.4 is 10.6 Å². The summed E-state index contributed by atoms with van der Waals surface area (Å²) in [5.41, 5.74) is 4.11. The Morgan fingerprint density at radius 3 is 2.40 bits per heavy atom. The van der Waals surface area contributed by atoms with E-state index in [0.717, 1.165) is 47.9 Å². The van der Waals surface area contributed by atoms with Crippen LogP contribution in [0.25, 0.3) is 11.1 Å². The Morgan fingerprint density at radius 2 is 1.77 bits per heavy atom. The summed E-state index contributed by atoms with van der Waals surface area (Å²) in [6.45, 7) is 5.60. The predicted molar refractivity (Wildman–Crippen MR) is 165 cm³/mol. The number of rotatable bonds is 14. The van der Waals surface area contributed by atoms with E-state index in [1.54, 1.807) is 24.8 Å². The van der Waals surface area contributed by atoms with Crippen LogP contribution in [0.1, 0.15) is 79.9 Å². The van der Waals surface area contributed by atoms with Crippen molar-refractivity contribution in [2.75, 3.05) is 23.5 Å². The van der Waals surface area contributed by atoms with Crippen molar-refractivity contribution < 1.29 is 23.1 Å². The van der Waals surface area contributed by atoms with Gasteiger partial charge >= 0.3 is 5.97 Å². The minimum atomic E-state index is -3.14. The summed E-state index contributed by atoms with van der Waals surface area (Å²) in [5.74, 6) is -0.293. The van der Waals surface area contributed by atoms with Gasteiger partial charge < -0.3 is 15.7 Å². The van der Waals surface area contributed by atoms with Crippen molar-refractivity contribution in [2.45, 2.75) is 77.4 Å². The maximum Gasteiger partial charge on any atom is 0.326 e. The van der Waals surface area contributed by atoms with Crippen LogP contribution in [0.2, 0.25) is 0 Å². The van der Waals surface area contributed by atoms with Crippen molar-refractivity contribution in [1.29, 1.82) is 0 Å². The largest absolute Gasteiger partial charge is 0.480 e. The van der Waals surface area contributed by atoms with Gasteiger partial charge in [-0.25, -0.2) is 13.2 Å². The highest BCUT2D eigenvalue weighted by atomic mass is 32.2. The lowest BCUT2D eigenvalue weighted by atomic mass is 9.79. The average Bonchev–Trinajstić information content (AvgIpc) is 2.94. The molecular formula is C31H44N2O5S2. The first-order valence-electron chi connectivity index (χ1n) is 14.2. The summed E-state index contributed by atoms with van der Waals surface area (Å²) < 4.78 is 24.7. The maximum atomic E-state index is 13.5. The molecule has 220 valence electrons. The molecule has 0 heterocycles. The molecule has 0 bridgehead atoms. The molecule has 2 aromatic rings. The molecule has 3 rings (SSSR count). The minimum absolute atomic E-state index is 0.0596. The number of aryl methyl sites for hydroxylation is 1. The first-order valence-corrected chi connectivity index (χ1v) is 17.5. The molecule has 3 N–H and O–H groups in total. The second-order valence-electron chi connectivity index (χ2n) is 10.9. The molecule has 9 heteroatoms. The number of carbonyl (C=O) groups excluding carboxylic acids is 1. The predicted octanol–water partition coefficient (Wildman–Crippen LogP) is 5.63. The molecular weight excluding hydrogens is 544 g/mol. The van der Waals surface area contributed by atoms with E-state index in [-0.39, 0.29) is 23.6 Å². The average molecular weight is 589 g/mol. The highest BCUT2D eigenvalue weighted by molar-refractivity contribution is 7.98. The molecule has 2 aromatic carbocycles. The van der Waals surface area contributed by atoms with Crippen LogP contribution >= 0.6 is 11.8 Å². The zero-order chi connectivity index (χ0) is 29.3. The van der Waals surface area contributed by atoms with Gasteiger partial charge in [0.15, 0.2) is 9.84 Å². The van der Waals surface area contributed by atoms with Crippen LogP contribution in [-0.4, -0.2) is 61.0 Å². The molecule has 1 fully saturated rings. The Bertz CT molecular complexity index is 1260. The number of hydrogen-bond donors (Lipinski definition) is 3. The van der Waals surface area contributed by atoms with Gasteiger partial charge in [-0.05, 0) is 85.4 Å². The van der Waals surface area contributed by atoms with Gasteiger partial charge in [-0.1, -0.05) is 56.5 Å². The number of carboxylic acid groups (broad SMARTS) is 1. The minimum Gasteiger partial charge on any atom is -0.480 e. The number of nitrogens with one attached hydrogen (secondary N) is 2. The van der Waals surface area contributed by atoms with Gasteiger partial charge in [0, 0.05) is 23.4 Å². The monoisotopic (exact) mass is 588 g/mol. The summed E-state index contributed by atoms with van der Waals surface area (Å²) in [7, 11) is -3.14. The highest BCUT2D eigenvalue weighted by Crippen LogP contribution is 2.37. The lowest BCUT2D eigenvalue weighted by Crippen LogP contribution is -2.41. The maximum absolute atomic E-state index is 13.5. The second-order valence-corrected chi connectivity index (χ2v) is 14.3. The lowest BCUT2D eigenvalue weighted by molar-refractivity contribution is -0.139. The molecule has 7 nitrogen and oxygen atoms in total. The van der Waals surface area contributed by atoms with E-state index < -0.39 is 27.8 Å². The molecule has 1 amide bonds. The standard InChI is InChI=1S/C31H44N2O5S2/c1-5-40(37,38)20-22(3)32-29(23-12-7-6-8-13-23)24-15-16-26(27(19-24)25-14-10-9-11-21(25)2)30(34)33-28(31(35)36)17-18-39-4/h9-11,14-16,19,22-23,28-29,32H,5-8,12-13,17-18,20H2,1-4H3,(H,33,34)(H,35,36)/t22?,28-,29?/m0/s1. The molecule has 40 heavy (non-hydrogen) atoms. The van der Waals surface area contributed by atoms with Crippen molar-refractivity contribution >= 4 is 33.5 Å². The summed E-state index contributed by atoms with van der Waals surface area (Å²) in [6.07, 6.45) is 7.85. The van der Waals surface area contributed by atoms with Crippen LogP contribution in [0, 0.1) is 12.8 Å². The Balaban J connectivity index is 2.05. The molecule has 0 saturated heterocycles. The number of carboxylic acids is 1. The Morgan fingerprint density at radius 1 is 1.07 bits per heavy atom. The number of sulfone groups is 1. The molecule has 1 aliphatic rings. The van der Waals surface area contributed by atoms with E-state index in [4.69, 9.17) is 0 Å². The van der Waals surface area contributed by atoms with Gasteiger partial charge in [-0.3, -0.25) is 4.79 Å². The van der Waals surface area contributed by atoms with Gasteiger partial charge in [0.25, 0.3) is 5.91 Å². The van der Waals surface area contributed by atoms with Crippen LogP contribution in [0.15, 0.2) is 42.5 Å². The van der Waals surface area contributed by atoms with Crippen molar-refractivity contribution in [3.05, 3.63) is 59.2 Å². The normalized spacial score (nSPS) is 16.7. The summed E-state index contributed by atoms with van der Waals surface area (Å²) in [4.78, 5) is 25.4. The lowest BCUT2D eigenvalue weighted by Gasteiger charge is -2.34. The van der Waals surface area contributed by atoms with Crippen molar-refractivity contribution in [2.24, 2.45) is 5.92 Å². The van der Waals surface area contributed by atoms with Gasteiger partial charge in [0.1, 0.15) is 6.04 Å². The zero-order valence-corrected chi connectivity index (χ0v) is 25.7. The van der Waals surface area contributed by atoms with E-state index >= 15 is 0 Å². The Labute approximate surface area is 243 Å². The third kappa shape index (κ3) is 8.82. The molecule has 0 radical (unpaired) electrons. The highest BCUT2D eigenvalue weighted by Gasteiger charge is 2.29. The number of benzene rings is 2. The van der Waals surface area contributed by atoms with E-state index in [2.05, 4.69) is 10.6 Å². The summed E-state index contributed by atoms with van der Waals surface area (Å²) in [5, 5.41) is 16.1. The van der Waals surface area contributed by atoms with E-state index in [1.165, 1.54) is 6.42 Å². The molecule has 0 aliphatic heterocycles. The van der Waals surface area contributed by atoms with Crippen LogP contribution in [0.5, 0.6) is 0 Å². The topological polar surface area (TPSA) is 113 Å². The first-order chi connectivity index (χ1) is 19.1. The molecule has 0 spiro atoms. The van der Waals surface area contributed by atoms with Crippen LogP contribution in [-0.2, 0) is 14.6 Å². The molecule has 1 aliphatic carbocycles. The fourth-order valence-electron chi connectivity index (χ4n) is 5.61. The molecule has 1 saturated carbocycles. The zero-order valence-electron chi connectivity index (χ0n) is 24.1. The second kappa shape index (κ2) is 15.0. The quantitative estimate of drug-likeness (QED) is 0.262. The van der Waals surface area contributed by atoms with Gasteiger partial charge in [0.05, 0.1) is 5.75 Å². The fraction of sp³-hybridized carbons (Fsp3) is 0.548. The van der Waals surface area contributed by atoms with Gasteiger partial charge in [-0.15, -0.1) is 0 Å². The molecule has 2 unspecified atom stereocenters. The fourth-order valence-corrected chi connectivity index (χ4v) is 7.17. The van der Waals surface area contributed by atoms with Crippen LogP contribution in [0.4, 0.5) is 0 Å². The summed E-state index contributed by atoms with van der Waals surface area (Å²) in [6, 6.07) is 12.4. The van der Waals surface area contributed by atoms with Crippen LogP contribution in [0.3, 0.4) is 0 Å². The smallest absolute Gasteiger partial charge is 0.326 e. The first kappa shape index (κ1) is 32.2.